The number of ether oxygens (including phenoxy) is 1. The first-order chi connectivity index (χ1) is 7.40. The largest absolute Gasteiger partial charge is 0.493 e. The van der Waals surface area contributed by atoms with Gasteiger partial charge in [-0.25, -0.2) is 0 Å². The Balaban J connectivity index is 1.90. The number of benzene rings is 1. The predicted molar refractivity (Wildman–Crippen MR) is 57.8 cm³/mol. The molecule has 0 saturated carbocycles. The van der Waals surface area contributed by atoms with Crippen molar-refractivity contribution in [3.8, 4) is 11.8 Å². The number of nitriles is 1. The summed E-state index contributed by atoms with van der Waals surface area (Å²) in [6.45, 7) is 2.09. The standard InChI is InChI=1S/C12H14N2O/c13-5-7-14-6-3-10-1-2-12-11(9-10)4-8-15-12/h1-2,9,14H,3-4,6-8H2. The summed E-state index contributed by atoms with van der Waals surface area (Å²) in [6, 6.07) is 8.41. The fourth-order valence-electron chi connectivity index (χ4n) is 1.77. The zero-order valence-corrected chi connectivity index (χ0v) is 8.62. The van der Waals surface area contributed by atoms with Crippen molar-refractivity contribution >= 4 is 0 Å². The second-order valence-electron chi connectivity index (χ2n) is 3.63. The topological polar surface area (TPSA) is 45.0 Å². The van der Waals surface area contributed by atoms with Gasteiger partial charge in [0.1, 0.15) is 5.75 Å². The lowest BCUT2D eigenvalue weighted by Crippen LogP contribution is -2.17. The summed E-state index contributed by atoms with van der Waals surface area (Å²) in [4.78, 5) is 0. The summed E-state index contributed by atoms with van der Waals surface area (Å²) in [5.41, 5.74) is 2.62. The third-order valence-corrected chi connectivity index (χ3v) is 2.55. The maximum Gasteiger partial charge on any atom is 0.122 e. The monoisotopic (exact) mass is 202 g/mol. The lowest BCUT2D eigenvalue weighted by atomic mass is 10.1. The van der Waals surface area contributed by atoms with E-state index >= 15 is 0 Å². The van der Waals surface area contributed by atoms with Crippen molar-refractivity contribution in [3.05, 3.63) is 29.3 Å². The molecule has 1 aliphatic heterocycles. The Morgan fingerprint density at radius 1 is 1.47 bits per heavy atom. The van der Waals surface area contributed by atoms with Gasteiger partial charge in [-0.3, -0.25) is 0 Å². The highest BCUT2D eigenvalue weighted by Gasteiger charge is 2.11. The first-order valence-electron chi connectivity index (χ1n) is 5.22. The quantitative estimate of drug-likeness (QED) is 0.591. The lowest BCUT2D eigenvalue weighted by molar-refractivity contribution is 0.357. The average molecular weight is 202 g/mol. The van der Waals surface area contributed by atoms with E-state index in [1.54, 1.807) is 0 Å². The zero-order chi connectivity index (χ0) is 10.5. The lowest BCUT2D eigenvalue weighted by Gasteiger charge is -2.04. The Bertz CT molecular complexity index is 382. The van der Waals surface area contributed by atoms with Crippen LogP contribution in [0.15, 0.2) is 18.2 Å². The van der Waals surface area contributed by atoms with Crippen molar-refractivity contribution in [1.29, 1.82) is 5.26 Å². The van der Waals surface area contributed by atoms with Gasteiger partial charge in [0.15, 0.2) is 0 Å². The Hall–Kier alpha value is -1.53. The average Bonchev–Trinajstić information content (AvgIpc) is 2.71. The molecule has 0 aromatic heterocycles. The van der Waals surface area contributed by atoms with Crippen molar-refractivity contribution in [2.75, 3.05) is 19.7 Å². The molecule has 0 fully saturated rings. The molecule has 15 heavy (non-hydrogen) atoms. The SMILES string of the molecule is N#CCNCCc1ccc2c(c1)CCO2. The van der Waals surface area contributed by atoms with Gasteiger partial charge in [0, 0.05) is 13.0 Å². The molecule has 0 unspecified atom stereocenters. The minimum Gasteiger partial charge on any atom is -0.493 e. The van der Waals surface area contributed by atoms with Gasteiger partial charge in [-0.1, -0.05) is 12.1 Å². The van der Waals surface area contributed by atoms with E-state index in [2.05, 4.69) is 23.5 Å². The van der Waals surface area contributed by atoms with Crippen LogP contribution in [0.25, 0.3) is 0 Å². The molecule has 0 amide bonds. The Morgan fingerprint density at radius 2 is 2.40 bits per heavy atom. The van der Waals surface area contributed by atoms with Gasteiger partial charge in [-0.2, -0.15) is 5.26 Å². The molecular weight excluding hydrogens is 188 g/mol. The third-order valence-electron chi connectivity index (χ3n) is 2.55. The Kier molecular flexibility index (Phi) is 3.21. The van der Waals surface area contributed by atoms with Crippen molar-refractivity contribution in [2.24, 2.45) is 0 Å². The number of nitrogens with one attached hydrogen (secondary N) is 1. The molecule has 2 rings (SSSR count). The van der Waals surface area contributed by atoms with Gasteiger partial charge >= 0.3 is 0 Å². The molecule has 0 spiro atoms. The molecule has 3 heteroatoms. The van der Waals surface area contributed by atoms with Gasteiger partial charge in [-0.15, -0.1) is 0 Å². The van der Waals surface area contributed by atoms with Crippen LogP contribution in [0.2, 0.25) is 0 Å². The number of hydrogen-bond donors (Lipinski definition) is 1. The van der Waals surface area contributed by atoms with Crippen molar-refractivity contribution in [2.45, 2.75) is 12.8 Å². The zero-order valence-electron chi connectivity index (χ0n) is 8.62. The van der Waals surface area contributed by atoms with Crippen LogP contribution in [-0.2, 0) is 12.8 Å². The first kappa shape index (κ1) is 10.0. The molecule has 0 atom stereocenters. The van der Waals surface area contributed by atoms with Crippen LogP contribution in [0.1, 0.15) is 11.1 Å². The number of hydrogen-bond acceptors (Lipinski definition) is 3. The van der Waals surface area contributed by atoms with Crippen molar-refractivity contribution < 1.29 is 4.74 Å². The van der Waals surface area contributed by atoms with Gasteiger partial charge in [0.05, 0.1) is 19.2 Å². The van der Waals surface area contributed by atoms with Crippen LogP contribution in [0, 0.1) is 11.3 Å². The molecule has 1 N–H and O–H groups in total. The molecule has 3 nitrogen and oxygen atoms in total. The van der Waals surface area contributed by atoms with Crippen molar-refractivity contribution in [1.82, 2.24) is 5.32 Å². The predicted octanol–water partition coefficient (Wildman–Crippen LogP) is 1.28. The van der Waals surface area contributed by atoms with Crippen molar-refractivity contribution in [3.63, 3.8) is 0 Å². The van der Waals surface area contributed by atoms with E-state index in [0.29, 0.717) is 6.54 Å². The summed E-state index contributed by atoms with van der Waals surface area (Å²) in [5, 5.41) is 11.4. The summed E-state index contributed by atoms with van der Waals surface area (Å²) in [7, 11) is 0. The fourth-order valence-corrected chi connectivity index (χ4v) is 1.77. The van der Waals surface area contributed by atoms with Crippen LogP contribution in [0.4, 0.5) is 0 Å². The highest BCUT2D eigenvalue weighted by Crippen LogP contribution is 2.25. The molecule has 78 valence electrons. The highest BCUT2D eigenvalue weighted by molar-refractivity contribution is 5.39. The van der Waals surface area contributed by atoms with E-state index in [0.717, 1.165) is 31.7 Å². The molecule has 1 aliphatic rings. The van der Waals surface area contributed by atoms with Crippen LogP contribution in [-0.4, -0.2) is 19.7 Å². The van der Waals surface area contributed by atoms with Crippen LogP contribution < -0.4 is 10.1 Å². The second-order valence-corrected chi connectivity index (χ2v) is 3.63. The smallest absolute Gasteiger partial charge is 0.122 e. The minimum absolute atomic E-state index is 0.425. The van der Waals surface area contributed by atoms with Crippen LogP contribution in [0.3, 0.4) is 0 Å². The third kappa shape index (κ3) is 2.48. The van der Waals surface area contributed by atoms with Gasteiger partial charge in [0.2, 0.25) is 0 Å². The van der Waals surface area contributed by atoms with Crippen LogP contribution >= 0.6 is 0 Å². The molecule has 0 bridgehead atoms. The first-order valence-corrected chi connectivity index (χ1v) is 5.22. The molecule has 0 aliphatic carbocycles. The number of rotatable bonds is 4. The fraction of sp³-hybridized carbons (Fsp3) is 0.417. The summed E-state index contributed by atoms with van der Waals surface area (Å²) < 4.78 is 5.44. The van der Waals surface area contributed by atoms with Gasteiger partial charge < -0.3 is 10.1 Å². The Labute approximate surface area is 89.7 Å². The van der Waals surface area contributed by atoms with Crippen LogP contribution in [0.5, 0.6) is 5.75 Å². The maximum atomic E-state index is 8.36. The maximum absolute atomic E-state index is 8.36. The molecule has 1 heterocycles. The van der Waals surface area contributed by atoms with E-state index in [-0.39, 0.29) is 0 Å². The molecule has 1 aromatic rings. The van der Waals surface area contributed by atoms with E-state index in [1.807, 2.05) is 6.07 Å². The molecular formula is C12H14N2O. The summed E-state index contributed by atoms with van der Waals surface area (Å²) in [5.74, 6) is 1.03. The summed E-state index contributed by atoms with van der Waals surface area (Å²) in [6.07, 6.45) is 1.99. The number of fused-ring (bicyclic) bond motifs is 1. The van der Waals surface area contributed by atoms with E-state index in [4.69, 9.17) is 10.00 Å². The second kappa shape index (κ2) is 4.81. The molecule has 0 saturated heterocycles. The van der Waals surface area contributed by atoms with E-state index < -0.39 is 0 Å². The normalized spacial score (nSPS) is 13.0. The summed E-state index contributed by atoms with van der Waals surface area (Å²) >= 11 is 0. The van der Waals surface area contributed by atoms with Gasteiger partial charge in [0.25, 0.3) is 0 Å². The Morgan fingerprint density at radius 3 is 3.27 bits per heavy atom. The van der Waals surface area contributed by atoms with Gasteiger partial charge in [-0.05, 0) is 23.6 Å². The molecule has 0 radical (unpaired) electrons. The highest BCUT2D eigenvalue weighted by atomic mass is 16.5. The van der Waals surface area contributed by atoms with E-state index in [9.17, 15) is 0 Å². The van der Waals surface area contributed by atoms with E-state index in [1.165, 1.54) is 11.1 Å². The number of nitrogens with zero attached hydrogens (tertiary/aromatic N) is 1. The molecule has 1 aromatic carbocycles. The minimum atomic E-state index is 0.425.